The molecule has 7 nitrogen and oxygen atoms in total. The molecule has 0 radical (unpaired) electrons. The number of carbonyl (C=O) groups excluding carboxylic acids is 3. The smallest absolute Gasteiger partial charge is 0.296 e. The number of anilines is 1. The van der Waals surface area contributed by atoms with E-state index in [4.69, 9.17) is 15.2 Å². The van der Waals surface area contributed by atoms with Crippen molar-refractivity contribution < 1.29 is 23.9 Å². The third kappa shape index (κ3) is 4.80. The topological polar surface area (TPSA) is 108 Å². The van der Waals surface area contributed by atoms with E-state index >= 15 is 0 Å². The standard InChI is InChI=1S/C21H18N2O5S/c1-27-16-9-5-6-10-17(16)28-12-15(24)20(26)23-21-14(19(22)25)11-18(29-21)13-7-3-2-4-8-13/h2-11H,12H2,1H3,(H2,22,25)(H,23,26). The Bertz CT molecular complexity index is 1050. The summed E-state index contributed by atoms with van der Waals surface area (Å²) in [7, 11) is 1.48. The molecule has 0 unspecified atom stereocenters. The minimum absolute atomic E-state index is 0.139. The molecule has 0 aliphatic carbocycles. The van der Waals surface area contributed by atoms with Gasteiger partial charge in [0.25, 0.3) is 17.6 Å². The number of nitrogens with one attached hydrogen (secondary N) is 1. The average molecular weight is 410 g/mol. The van der Waals surface area contributed by atoms with Crippen LogP contribution in [0.4, 0.5) is 5.00 Å². The zero-order chi connectivity index (χ0) is 20.8. The van der Waals surface area contributed by atoms with Crippen LogP contribution < -0.4 is 20.5 Å². The molecule has 3 rings (SSSR count). The van der Waals surface area contributed by atoms with Gasteiger partial charge < -0.3 is 20.5 Å². The SMILES string of the molecule is COc1ccccc1OCC(=O)C(=O)Nc1sc(-c2ccccc2)cc1C(N)=O. The second-order valence-corrected chi connectivity index (χ2v) is 6.95. The van der Waals surface area contributed by atoms with Crippen molar-refractivity contribution in [2.24, 2.45) is 5.73 Å². The van der Waals surface area contributed by atoms with E-state index in [0.717, 1.165) is 21.8 Å². The lowest BCUT2D eigenvalue weighted by molar-refractivity contribution is -0.136. The maximum absolute atomic E-state index is 12.3. The Balaban J connectivity index is 1.71. The van der Waals surface area contributed by atoms with Gasteiger partial charge in [-0.25, -0.2) is 0 Å². The molecule has 0 spiro atoms. The molecule has 2 aromatic carbocycles. The highest BCUT2D eigenvalue weighted by Gasteiger charge is 2.21. The summed E-state index contributed by atoms with van der Waals surface area (Å²) in [5, 5.41) is 2.68. The van der Waals surface area contributed by atoms with E-state index in [0.29, 0.717) is 11.5 Å². The van der Waals surface area contributed by atoms with Crippen molar-refractivity contribution in [3.05, 3.63) is 66.2 Å². The molecular formula is C21H18N2O5S. The Labute approximate surface area is 171 Å². The summed E-state index contributed by atoms with van der Waals surface area (Å²) in [6.07, 6.45) is 0. The van der Waals surface area contributed by atoms with Crippen molar-refractivity contribution in [3.63, 3.8) is 0 Å². The first kappa shape index (κ1) is 20.1. The first-order valence-corrected chi connectivity index (χ1v) is 9.40. The Kier molecular flexibility index (Phi) is 6.25. The molecule has 0 atom stereocenters. The molecule has 0 aliphatic heterocycles. The number of ketones is 1. The van der Waals surface area contributed by atoms with Gasteiger partial charge in [-0.1, -0.05) is 42.5 Å². The summed E-state index contributed by atoms with van der Waals surface area (Å²) >= 11 is 1.16. The zero-order valence-electron chi connectivity index (χ0n) is 15.5. The van der Waals surface area contributed by atoms with Gasteiger partial charge in [-0.05, 0) is 23.8 Å². The summed E-state index contributed by atoms with van der Waals surface area (Å²) < 4.78 is 10.5. The number of hydrogen-bond donors (Lipinski definition) is 2. The maximum Gasteiger partial charge on any atom is 0.296 e. The van der Waals surface area contributed by atoms with Crippen molar-refractivity contribution in [2.45, 2.75) is 0 Å². The predicted octanol–water partition coefficient (Wildman–Crippen LogP) is 3.11. The van der Waals surface area contributed by atoms with Gasteiger partial charge in [-0.3, -0.25) is 14.4 Å². The van der Waals surface area contributed by atoms with Gasteiger partial charge in [-0.15, -0.1) is 11.3 Å². The fraction of sp³-hybridized carbons (Fsp3) is 0.0952. The molecule has 29 heavy (non-hydrogen) atoms. The summed E-state index contributed by atoms with van der Waals surface area (Å²) in [4.78, 5) is 37.0. The van der Waals surface area contributed by atoms with E-state index in [-0.39, 0.29) is 10.6 Å². The first-order chi connectivity index (χ1) is 14.0. The van der Waals surface area contributed by atoms with Crippen LogP contribution in [0.3, 0.4) is 0 Å². The quantitative estimate of drug-likeness (QED) is 0.555. The number of nitrogens with two attached hydrogens (primary N) is 1. The predicted molar refractivity (Wildman–Crippen MR) is 110 cm³/mol. The van der Waals surface area contributed by atoms with Gasteiger partial charge in [0.15, 0.2) is 18.1 Å². The van der Waals surface area contributed by atoms with Crippen LogP contribution in [0.15, 0.2) is 60.7 Å². The Morgan fingerprint density at radius 1 is 1.00 bits per heavy atom. The van der Waals surface area contributed by atoms with Gasteiger partial charge in [0.2, 0.25) is 0 Å². The lowest BCUT2D eigenvalue weighted by Crippen LogP contribution is -2.28. The molecule has 3 N–H and O–H groups in total. The summed E-state index contributed by atoms with van der Waals surface area (Å²) in [5.74, 6) is -1.61. The maximum atomic E-state index is 12.3. The molecule has 0 aliphatic rings. The summed E-state index contributed by atoms with van der Waals surface area (Å²) in [6.45, 7) is -0.477. The number of primary amides is 1. The van der Waals surface area contributed by atoms with E-state index < -0.39 is 24.2 Å². The second kappa shape index (κ2) is 9.03. The van der Waals surface area contributed by atoms with E-state index in [2.05, 4.69) is 5.32 Å². The van der Waals surface area contributed by atoms with E-state index in [1.54, 1.807) is 30.3 Å². The monoisotopic (exact) mass is 410 g/mol. The third-order valence-electron chi connectivity index (χ3n) is 3.96. The minimum Gasteiger partial charge on any atom is -0.493 e. The third-order valence-corrected chi connectivity index (χ3v) is 5.06. The molecule has 1 aromatic heterocycles. The molecule has 2 amide bonds. The van der Waals surface area contributed by atoms with Gasteiger partial charge in [0.05, 0.1) is 12.7 Å². The number of rotatable bonds is 8. The number of hydrogen-bond acceptors (Lipinski definition) is 6. The second-order valence-electron chi connectivity index (χ2n) is 5.90. The number of thiophene rings is 1. The van der Waals surface area contributed by atoms with Crippen molar-refractivity contribution >= 4 is 33.9 Å². The molecule has 0 bridgehead atoms. The first-order valence-electron chi connectivity index (χ1n) is 8.58. The van der Waals surface area contributed by atoms with E-state index in [1.807, 2.05) is 30.3 Å². The summed E-state index contributed by atoms with van der Waals surface area (Å²) in [6, 6.07) is 17.7. The number of Topliss-reactive ketones (excluding diaryl/α,β-unsaturated/α-hetero) is 1. The number of carbonyl (C=O) groups is 3. The largest absolute Gasteiger partial charge is 0.493 e. The molecule has 0 fully saturated rings. The van der Waals surface area contributed by atoms with E-state index in [9.17, 15) is 14.4 Å². The molecule has 0 saturated carbocycles. The van der Waals surface area contributed by atoms with Crippen molar-refractivity contribution in [3.8, 4) is 21.9 Å². The van der Waals surface area contributed by atoms with Crippen LogP contribution in [0, 0.1) is 0 Å². The fourth-order valence-electron chi connectivity index (χ4n) is 2.53. The van der Waals surface area contributed by atoms with Gasteiger partial charge in [0, 0.05) is 4.88 Å². The van der Waals surface area contributed by atoms with Crippen LogP contribution >= 0.6 is 11.3 Å². The molecule has 3 aromatic rings. The van der Waals surface area contributed by atoms with Crippen LogP contribution in [-0.4, -0.2) is 31.3 Å². The van der Waals surface area contributed by atoms with Crippen molar-refractivity contribution in [1.29, 1.82) is 0 Å². The number of methoxy groups -OCH3 is 1. The van der Waals surface area contributed by atoms with Crippen LogP contribution in [0.2, 0.25) is 0 Å². The zero-order valence-corrected chi connectivity index (χ0v) is 16.3. The van der Waals surface area contributed by atoms with Crippen molar-refractivity contribution in [2.75, 3.05) is 19.0 Å². The highest BCUT2D eigenvalue weighted by atomic mass is 32.1. The lowest BCUT2D eigenvalue weighted by Gasteiger charge is -2.09. The molecule has 1 heterocycles. The van der Waals surface area contributed by atoms with Crippen LogP contribution in [-0.2, 0) is 9.59 Å². The Morgan fingerprint density at radius 2 is 1.66 bits per heavy atom. The van der Waals surface area contributed by atoms with E-state index in [1.165, 1.54) is 7.11 Å². The normalized spacial score (nSPS) is 10.2. The number of amides is 2. The molecule has 148 valence electrons. The van der Waals surface area contributed by atoms with Crippen molar-refractivity contribution in [1.82, 2.24) is 0 Å². The number of para-hydroxylation sites is 2. The molecular weight excluding hydrogens is 392 g/mol. The van der Waals surface area contributed by atoms with Gasteiger partial charge in [-0.2, -0.15) is 0 Å². The highest BCUT2D eigenvalue weighted by Crippen LogP contribution is 2.35. The van der Waals surface area contributed by atoms with Crippen LogP contribution in [0.5, 0.6) is 11.5 Å². The molecule has 0 saturated heterocycles. The van der Waals surface area contributed by atoms with Crippen LogP contribution in [0.25, 0.3) is 10.4 Å². The number of benzene rings is 2. The number of ether oxygens (including phenoxy) is 2. The Morgan fingerprint density at radius 3 is 2.31 bits per heavy atom. The van der Waals surface area contributed by atoms with Gasteiger partial charge >= 0.3 is 0 Å². The Hall–Kier alpha value is -3.65. The minimum atomic E-state index is -0.899. The highest BCUT2D eigenvalue weighted by molar-refractivity contribution is 7.20. The van der Waals surface area contributed by atoms with Crippen LogP contribution in [0.1, 0.15) is 10.4 Å². The fourth-order valence-corrected chi connectivity index (χ4v) is 3.60. The molecule has 8 heteroatoms. The van der Waals surface area contributed by atoms with Gasteiger partial charge in [0.1, 0.15) is 5.00 Å². The lowest BCUT2D eigenvalue weighted by atomic mass is 10.1. The average Bonchev–Trinajstić information content (AvgIpc) is 3.17. The summed E-state index contributed by atoms with van der Waals surface area (Å²) in [5.41, 5.74) is 6.42.